The number of aromatic nitrogens is 1. The van der Waals surface area contributed by atoms with Gasteiger partial charge in [0.25, 0.3) is 0 Å². The van der Waals surface area contributed by atoms with Crippen LogP contribution in [-0.4, -0.2) is 10.8 Å². The smallest absolute Gasteiger partial charge is 0.360 e. The van der Waals surface area contributed by atoms with Crippen LogP contribution in [-0.2, 0) is 46.0 Å². The number of hydrogen-bond acceptors (Lipinski definition) is 3. The fourth-order valence-electron chi connectivity index (χ4n) is 4.56. The Kier molecular flexibility index (Phi) is 15.4. The molecule has 0 saturated carbocycles. The SMILES string of the molecule is O=C1C(I)=CC(I)=C/C1=C/Nc1c(-c2cc(C(F)(F)F)cc(C(F)(F)F)c2)cccc1-c1cc(C(F)(F)F)cc(C(F)(F)F)c1.[CH3-].[Ni].c1ccncc1. The van der Waals surface area contributed by atoms with E-state index in [1.54, 1.807) is 35.0 Å². The molecule has 1 aliphatic carbocycles. The Morgan fingerprint density at radius 2 is 0.981 bits per heavy atom. The quantitative estimate of drug-likeness (QED) is 0.0728. The van der Waals surface area contributed by atoms with Gasteiger partial charge in [0.15, 0.2) is 0 Å². The number of nitrogens with one attached hydrogen (secondary N) is 1. The molecule has 1 heterocycles. The van der Waals surface area contributed by atoms with E-state index in [1.165, 1.54) is 12.2 Å². The zero-order valence-corrected chi connectivity index (χ0v) is 31.6. The fourth-order valence-corrected chi connectivity index (χ4v) is 6.45. The first-order valence-corrected chi connectivity index (χ1v) is 16.0. The van der Waals surface area contributed by atoms with Crippen molar-refractivity contribution in [2.75, 3.05) is 5.32 Å². The molecule has 1 aromatic heterocycles. The van der Waals surface area contributed by atoms with Crippen molar-refractivity contribution < 1.29 is 74.0 Å². The van der Waals surface area contributed by atoms with Crippen molar-refractivity contribution in [3.63, 3.8) is 0 Å². The van der Waals surface area contributed by atoms with Crippen molar-refractivity contribution in [2.45, 2.75) is 24.7 Å². The molecule has 0 radical (unpaired) electrons. The molecule has 0 saturated heterocycles. The molecule has 0 bridgehead atoms. The summed E-state index contributed by atoms with van der Waals surface area (Å²) in [6, 6.07) is 10.0. The maximum atomic E-state index is 13.7. The Labute approximate surface area is 331 Å². The normalized spacial score (nSPS) is 14.2. The number of para-hydroxylation sites is 1. The number of benzene rings is 3. The molecule has 1 N–H and O–H groups in total. The number of pyridine rings is 1. The number of rotatable bonds is 4. The van der Waals surface area contributed by atoms with Gasteiger partial charge in [0, 0.05) is 55.4 Å². The zero-order chi connectivity index (χ0) is 37.9. The van der Waals surface area contributed by atoms with E-state index in [0.29, 0.717) is 27.8 Å². The molecule has 0 amide bonds. The average molecular weight is 1030 g/mol. The first-order chi connectivity index (χ1) is 23.6. The molecule has 1 aliphatic rings. The average Bonchev–Trinajstić information content (AvgIpc) is 3.04. The van der Waals surface area contributed by atoms with Crippen molar-refractivity contribution in [3.8, 4) is 22.3 Å². The number of allylic oxidation sites excluding steroid dienone is 5. The van der Waals surface area contributed by atoms with Crippen LogP contribution in [0.25, 0.3) is 22.3 Å². The summed E-state index contributed by atoms with van der Waals surface area (Å²) in [6.07, 6.45) is -13.7. The second-order valence-corrected chi connectivity index (χ2v) is 12.8. The monoisotopic (exact) mass is 1020 g/mol. The van der Waals surface area contributed by atoms with Gasteiger partial charge in [0.2, 0.25) is 5.78 Å². The fraction of sp³-hybridized carbons (Fsp3) is 0.114. The van der Waals surface area contributed by atoms with E-state index < -0.39 is 80.7 Å². The Morgan fingerprint density at radius 1 is 0.585 bits per heavy atom. The second-order valence-electron chi connectivity index (χ2n) is 10.4. The summed E-state index contributed by atoms with van der Waals surface area (Å²) in [5, 5.41) is 2.57. The Balaban J connectivity index is 0.00000110. The topological polar surface area (TPSA) is 42.0 Å². The van der Waals surface area contributed by atoms with Crippen LogP contribution in [0.1, 0.15) is 22.3 Å². The number of anilines is 1. The number of ketones is 1. The number of nitrogens with zero attached hydrogens (tertiary/aromatic N) is 1. The van der Waals surface area contributed by atoms with Gasteiger partial charge in [-0.3, -0.25) is 9.78 Å². The van der Waals surface area contributed by atoms with Crippen LogP contribution < -0.4 is 5.32 Å². The third kappa shape index (κ3) is 12.1. The van der Waals surface area contributed by atoms with Crippen molar-refractivity contribution >= 4 is 56.7 Å². The predicted molar refractivity (Wildman–Crippen MR) is 189 cm³/mol. The largest absolute Gasteiger partial charge is 0.416 e. The van der Waals surface area contributed by atoms with E-state index in [2.05, 4.69) is 10.3 Å². The van der Waals surface area contributed by atoms with Gasteiger partial charge in [0.05, 0.1) is 31.5 Å². The molecule has 3 aromatic carbocycles. The van der Waals surface area contributed by atoms with Crippen LogP contribution in [0.2, 0.25) is 0 Å². The van der Waals surface area contributed by atoms with Gasteiger partial charge in [-0.25, -0.2) is 0 Å². The minimum atomic E-state index is -5.26. The summed E-state index contributed by atoms with van der Waals surface area (Å²) in [5.41, 5.74) is -9.67. The molecule has 4 aromatic rings. The van der Waals surface area contributed by atoms with E-state index in [9.17, 15) is 57.5 Å². The molecule has 53 heavy (non-hydrogen) atoms. The molecule has 286 valence electrons. The summed E-state index contributed by atoms with van der Waals surface area (Å²) < 4.78 is 165. The number of hydrogen-bond donors (Lipinski definition) is 1. The minimum Gasteiger partial charge on any atom is -0.360 e. The third-order valence-electron chi connectivity index (χ3n) is 6.84. The second kappa shape index (κ2) is 17.8. The number of halogens is 14. The van der Waals surface area contributed by atoms with Gasteiger partial charge < -0.3 is 12.7 Å². The molecule has 0 fully saturated rings. The third-order valence-corrected chi connectivity index (χ3v) is 8.26. The molecule has 5 rings (SSSR count). The number of carbonyl (C=O) groups is 1. The predicted octanol–water partition coefficient (Wildman–Crippen LogP) is 13.1. The maximum absolute atomic E-state index is 13.7. The molecular formula is C35H21F12I2N2NiO-. The van der Waals surface area contributed by atoms with Crippen molar-refractivity contribution in [1.82, 2.24) is 4.98 Å². The number of alkyl halides is 12. The van der Waals surface area contributed by atoms with Crippen molar-refractivity contribution in [1.29, 1.82) is 0 Å². The van der Waals surface area contributed by atoms with Crippen molar-refractivity contribution in [2.24, 2.45) is 0 Å². The van der Waals surface area contributed by atoms with E-state index in [0.717, 1.165) is 24.4 Å². The number of carbonyl (C=O) groups excluding carboxylic acids is 1. The van der Waals surface area contributed by atoms with Gasteiger partial charge in [-0.05, 0) is 117 Å². The Morgan fingerprint density at radius 3 is 1.30 bits per heavy atom. The van der Waals surface area contributed by atoms with Gasteiger partial charge in [0.1, 0.15) is 0 Å². The summed E-state index contributed by atoms with van der Waals surface area (Å²) >= 11 is 3.57. The van der Waals surface area contributed by atoms with E-state index in [4.69, 9.17) is 0 Å². The van der Waals surface area contributed by atoms with Crippen LogP contribution in [0.4, 0.5) is 58.4 Å². The van der Waals surface area contributed by atoms with Gasteiger partial charge in [-0.2, -0.15) is 52.7 Å². The summed E-state index contributed by atoms with van der Waals surface area (Å²) in [4.78, 5) is 16.5. The van der Waals surface area contributed by atoms with Gasteiger partial charge in [-0.1, -0.05) is 24.3 Å². The van der Waals surface area contributed by atoms with Gasteiger partial charge in [-0.15, -0.1) is 0 Å². The van der Waals surface area contributed by atoms with Crippen LogP contribution in [0.5, 0.6) is 0 Å². The first kappa shape index (κ1) is 45.8. The van der Waals surface area contributed by atoms with Crippen LogP contribution in [0, 0.1) is 7.43 Å². The molecule has 0 aliphatic heterocycles. The molecule has 18 heteroatoms. The van der Waals surface area contributed by atoms with Crippen molar-refractivity contribution in [3.05, 3.63) is 146 Å². The van der Waals surface area contributed by atoms with Gasteiger partial charge >= 0.3 is 24.7 Å². The molecule has 0 spiro atoms. The molecular weight excluding hydrogens is 1000 g/mol. The number of Topliss-reactive ketones (excluding diaryl/α,β-unsaturated/α-hetero) is 1. The standard InChI is InChI=1S/C29H13F12I2NO.C5H5N.CH3.Ni/c30-26(31,32)16-4-13(5-17(9-16)27(33,34)35)21-2-1-3-22(24(21)44-12-15-8-20(42)11-23(43)25(15)45)14-6-18(28(36,37)38)10-19(7-14)29(39,40)41;1-2-4-6-5-3-1;;/h1-12,44H;1-5H;1H3;/q;;-1;/b15-12-;;;. The molecule has 3 nitrogen and oxygen atoms in total. The minimum absolute atomic E-state index is 0. The van der Waals surface area contributed by atoms with E-state index in [-0.39, 0.29) is 45.2 Å². The Bertz CT molecular complexity index is 1830. The summed E-state index contributed by atoms with van der Waals surface area (Å²) in [5.74, 6) is -0.556. The molecule has 0 atom stereocenters. The van der Waals surface area contributed by atoms with E-state index >= 15 is 0 Å². The first-order valence-electron chi connectivity index (χ1n) is 13.9. The van der Waals surface area contributed by atoms with Crippen LogP contribution in [0.3, 0.4) is 0 Å². The molecule has 0 unspecified atom stereocenters. The Hall–Kier alpha value is -3.39. The van der Waals surface area contributed by atoms with Crippen LogP contribution in [0.15, 0.2) is 116 Å². The zero-order valence-electron chi connectivity index (χ0n) is 26.3. The van der Waals surface area contributed by atoms with Crippen LogP contribution >= 0.6 is 45.2 Å². The summed E-state index contributed by atoms with van der Waals surface area (Å²) in [6.45, 7) is 0. The van der Waals surface area contributed by atoms with E-state index in [1.807, 2.05) is 40.8 Å². The summed E-state index contributed by atoms with van der Waals surface area (Å²) in [7, 11) is 0. The maximum Gasteiger partial charge on any atom is 0.416 e.